The van der Waals surface area contributed by atoms with Crippen LogP contribution >= 0.6 is 11.6 Å². The van der Waals surface area contributed by atoms with Gasteiger partial charge in [-0.1, -0.05) is 41.9 Å². The number of alkyl halides is 3. The lowest BCUT2D eigenvalue weighted by Gasteiger charge is -2.43. The molecule has 6 nitrogen and oxygen atoms in total. The van der Waals surface area contributed by atoms with Gasteiger partial charge in [-0.3, -0.25) is 0 Å². The van der Waals surface area contributed by atoms with E-state index in [0.717, 1.165) is 17.7 Å². The number of benzene rings is 2. The molecular weight excluding hydrogens is 483 g/mol. The summed E-state index contributed by atoms with van der Waals surface area (Å²) in [5, 5.41) is 10.1. The lowest BCUT2D eigenvalue weighted by atomic mass is 9.84. The Labute approximate surface area is 204 Å². The number of halogens is 4. The number of rotatable bonds is 3. The van der Waals surface area contributed by atoms with E-state index in [0.29, 0.717) is 41.7 Å². The summed E-state index contributed by atoms with van der Waals surface area (Å²) in [6.45, 7) is 1.23. The second-order valence-electron chi connectivity index (χ2n) is 9.05. The largest absolute Gasteiger partial charge is 0.448 e. The van der Waals surface area contributed by atoms with Gasteiger partial charge in [-0.25, -0.2) is 9.78 Å². The fraction of sp³-hybridized carbons (Fsp3) is 0.360. The van der Waals surface area contributed by atoms with E-state index < -0.39 is 17.8 Å². The molecule has 3 heterocycles. The molecule has 35 heavy (non-hydrogen) atoms. The lowest BCUT2D eigenvalue weighted by Crippen LogP contribution is -2.59. The first-order valence-electron chi connectivity index (χ1n) is 11.3. The molecule has 2 aliphatic rings. The zero-order chi connectivity index (χ0) is 24.7. The van der Waals surface area contributed by atoms with E-state index in [1.165, 1.54) is 18.4 Å². The molecule has 0 bridgehead atoms. The van der Waals surface area contributed by atoms with Gasteiger partial charge in [0, 0.05) is 24.6 Å². The number of nitrogens with zero attached hydrogens (tertiary/aromatic N) is 3. The topological polar surface area (TPSA) is 69.8 Å². The Hall–Kier alpha value is -3.04. The number of carbonyl (C=O) groups is 1. The summed E-state index contributed by atoms with van der Waals surface area (Å²) in [5.74, 6) is -0.0257. The highest BCUT2D eigenvalue weighted by atomic mass is 35.5. The van der Waals surface area contributed by atoms with Crippen molar-refractivity contribution in [3.05, 3.63) is 76.8 Å². The van der Waals surface area contributed by atoms with Crippen LogP contribution in [0, 0.1) is 0 Å². The first-order chi connectivity index (χ1) is 16.7. The Bertz CT molecular complexity index is 1210. The van der Waals surface area contributed by atoms with Gasteiger partial charge in [0.1, 0.15) is 12.0 Å². The molecule has 2 amide bonds. The molecule has 1 N–H and O–H groups in total. The number of likely N-dealkylation sites (tertiary alicyclic amines) is 2. The number of piperidine rings is 1. The summed E-state index contributed by atoms with van der Waals surface area (Å²) in [6, 6.07) is 12.1. The van der Waals surface area contributed by atoms with Crippen molar-refractivity contribution in [2.24, 2.45) is 0 Å². The molecular formula is C25H23ClF3N3O3. The lowest BCUT2D eigenvalue weighted by molar-refractivity contribution is -0.137. The third kappa shape index (κ3) is 4.88. The minimum Gasteiger partial charge on any atom is -0.448 e. The fourth-order valence-electron chi connectivity index (χ4n) is 4.70. The number of aliphatic hydroxyl groups is 1. The maximum atomic E-state index is 13.1. The predicted octanol–water partition coefficient (Wildman–Crippen LogP) is 5.38. The second-order valence-corrected chi connectivity index (χ2v) is 9.45. The van der Waals surface area contributed by atoms with E-state index in [-0.39, 0.29) is 31.0 Å². The van der Waals surface area contributed by atoms with Crippen molar-refractivity contribution in [1.82, 2.24) is 14.8 Å². The number of aliphatic hydroxyl groups excluding tert-OH is 1. The molecule has 5 rings (SSSR count). The van der Waals surface area contributed by atoms with Crippen molar-refractivity contribution in [3.63, 3.8) is 0 Å². The normalized spacial score (nSPS) is 21.2. The molecule has 10 heteroatoms. The van der Waals surface area contributed by atoms with Crippen LogP contribution in [0.5, 0.6) is 0 Å². The van der Waals surface area contributed by atoms with E-state index in [4.69, 9.17) is 16.0 Å². The van der Waals surface area contributed by atoms with Crippen molar-refractivity contribution in [1.29, 1.82) is 0 Å². The minimum absolute atomic E-state index is 0.207. The number of hydrogen-bond donors (Lipinski definition) is 1. The number of oxazole rings is 1. The van der Waals surface area contributed by atoms with Crippen LogP contribution in [0.1, 0.15) is 35.3 Å². The number of hydrogen-bond acceptors (Lipinski definition) is 4. The number of carbonyl (C=O) groups excluding carboxylic acids is 1. The molecule has 2 aliphatic heterocycles. The van der Waals surface area contributed by atoms with E-state index in [9.17, 15) is 23.1 Å². The van der Waals surface area contributed by atoms with Crippen LogP contribution < -0.4 is 0 Å². The van der Waals surface area contributed by atoms with Crippen LogP contribution in [-0.2, 0) is 6.18 Å². The average molecular weight is 506 g/mol. The van der Waals surface area contributed by atoms with Gasteiger partial charge in [-0.2, -0.15) is 13.2 Å². The van der Waals surface area contributed by atoms with Crippen molar-refractivity contribution in [3.8, 4) is 11.3 Å². The van der Waals surface area contributed by atoms with Crippen molar-refractivity contribution >= 4 is 17.6 Å². The summed E-state index contributed by atoms with van der Waals surface area (Å²) in [6.07, 6.45) is -2.87. The Morgan fingerprint density at radius 2 is 1.66 bits per heavy atom. The minimum atomic E-state index is -4.42. The SMILES string of the molecule is O=C(N1CC(O)C1)N1CC(c2ccc(C(F)(F)F)cc2)CC(c2nc(-c3ccccc3Cl)co2)C1. The van der Waals surface area contributed by atoms with E-state index in [1.54, 1.807) is 15.9 Å². The van der Waals surface area contributed by atoms with Gasteiger partial charge < -0.3 is 19.3 Å². The van der Waals surface area contributed by atoms with Crippen LogP contribution in [0.25, 0.3) is 11.3 Å². The maximum absolute atomic E-state index is 13.1. The van der Waals surface area contributed by atoms with Crippen LogP contribution in [0.3, 0.4) is 0 Å². The molecule has 2 aromatic carbocycles. The van der Waals surface area contributed by atoms with Gasteiger partial charge in [0.05, 0.1) is 35.7 Å². The molecule has 2 unspecified atom stereocenters. The fourth-order valence-corrected chi connectivity index (χ4v) is 4.93. The Morgan fingerprint density at radius 1 is 1.00 bits per heavy atom. The summed E-state index contributed by atoms with van der Waals surface area (Å²) in [5.41, 5.74) is 1.29. The number of aromatic nitrogens is 1. The number of amides is 2. The predicted molar refractivity (Wildman–Crippen MR) is 123 cm³/mol. The van der Waals surface area contributed by atoms with Gasteiger partial charge in [-0.05, 0) is 30.2 Å². The highest BCUT2D eigenvalue weighted by Gasteiger charge is 2.39. The molecule has 0 spiro atoms. The van der Waals surface area contributed by atoms with Gasteiger partial charge in [0.25, 0.3) is 0 Å². The number of β-amino-alcohol motifs (C(OH)–C–C–N with tert-alkyl or cyclic N) is 1. The van der Waals surface area contributed by atoms with Gasteiger partial charge in [0.15, 0.2) is 5.89 Å². The monoisotopic (exact) mass is 505 g/mol. The summed E-state index contributed by atoms with van der Waals surface area (Å²) in [7, 11) is 0. The van der Waals surface area contributed by atoms with Crippen LogP contribution in [-0.4, -0.2) is 58.2 Å². The van der Waals surface area contributed by atoms with Crippen LogP contribution in [0.2, 0.25) is 5.02 Å². The standard InChI is InChI=1S/C25H23ClF3N3O3/c26-21-4-2-1-3-20(21)22-14-35-23(30-22)17-9-16(15-5-7-18(8-6-15)25(27,28)29)10-31(11-17)24(34)32-12-19(33)13-32/h1-8,14,16-17,19,33H,9-13H2. The second kappa shape index (κ2) is 9.20. The molecule has 2 saturated heterocycles. The molecule has 3 aromatic rings. The summed E-state index contributed by atoms with van der Waals surface area (Å²) >= 11 is 6.29. The van der Waals surface area contributed by atoms with E-state index in [2.05, 4.69) is 4.98 Å². The first-order valence-corrected chi connectivity index (χ1v) is 11.7. The Morgan fingerprint density at radius 3 is 2.31 bits per heavy atom. The van der Waals surface area contributed by atoms with E-state index >= 15 is 0 Å². The third-order valence-corrected chi connectivity index (χ3v) is 6.91. The van der Waals surface area contributed by atoms with Crippen molar-refractivity contribution in [2.75, 3.05) is 26.2 Å². The van der Waals surface area contributed by atoms with Crippen LogP contribution in [0.15, 0.2) is 59.2 Å². The summed E-state index contributed by atoms with van der Waals surface area (Å²) in [4.78, 5) is 20.9. The maximum Gasteiger partial charge on any atom is 0.416 e. The first kappa shape index (κ1) is 23.7. The Balaban J connectivity index is 1.42. The highest BCUT2D eigenvalue weighted by molar-refractivity contribution is 6.33. The molecule has 1 aromatic heterocycles. The highest BCUT2D eigenvalue weighted by Crippen LogP contribution is 2.39. The van der Waals surface area contributed by atoms with Crippen molar-refractivity contribution in [2.45, 2.75) is 30.5 Å². The molecule has 0 radical (unpaired) electrons. The molecule has 184 valence electrons. The third-order valence-electron chi connectivity index (χ3n) is 6.58. The zero-order valence-corrected chi connectivity index (χ0v) is 19.3. The smallest absolute Gasteiger partial charge is 0.416 e. The molecule has 0 aliphatic carbocycles. The van der Waals surface area contributed by atoms with Crippen molar-refractivity contribution < 1.29 is 27.5 Å². The average Bonchev–Trinajstić information content (AvgIpc) is 3.31. The molecule has 0 saturated carbocycles. The zero-order valence-electron chi connectivity index (χ0n) is 18.6. The van der Waals surface area contributed by atoms with Gasteiger partial charge in [0.2, 0.25) is 0 Å². The van der Waals surface area contributed by atoms with Gasteiger partial charge in [-0.15, -0.1) is 0 Å². The van der Waals surface area contributed by atoms with E-state index in [1.807, 2.05) is 18.2 Å². The summed E-state index contributed by atoms with van der Waals surface area (Å²) < 4.78 is 44.9. The molecule has 2 atom stereocenters. The van der Waals surface area contributed by atoms with Gasteiger partial charge >= 0.3 is 12.2 Å². The molecule has 2 fully saturated rings. The quantitative estimate of drug-likeness (QED) is 0.518. The Kier molecular flexibility index (Phi) is 6.23. The van der Waals surface area contributed by atoms with Crippen LogP contribution in [0.4, 0.5) is 18.0 Å². The number of urea groups is 1.